The van der Waals surface area contributed by atoms with Gasteiger partial charge in [0.05, 0.1) is 11.4 Å². The van der Waals surface area contributed by atoms with E-state index in [1.165, 1.54) is 0 Å². The van der Waals surface area contributed by atoms with Gasteiger partial charge in [-0.15, -0.1) is 5.10 Å². The van der Waals surface area contributed by atoms with Gasteiger partial charge >= 0.3 is 0 Å². The first-order valence-electron chi connectivity index (χ1n) is 8.23. The molecule has 0 unspecified atom stereocenters. The minimum absolute atomic E-state index is 0.107. The van der Waals surface area contributed by atoms with Crippen molar-refractivity contribution < 1.29 is 4.74 Å². The number of nitrogens with two attached hydrogens (primary N) is 1. The third kappa shape index (κ3) is 2.32. The van der Waals surface area contributed by atoms with E-state index in [0.717, 1.165) is 40.6 Å². The number of pyridine rings is 1. The van der Waals surface area contributed by atoms with Crippen LogP contribution in [0.15, 0.2) is 48.0 Å². The highest BCUT2D eigenvalue weighted by Gasteiger charge is 2.35. The van der Waals surface area contributed by atoms with Gasteiger partial charge in [0, 0.05) is 22.8 Å². The van der Waals surface area contributed by atoms with E-state index in [0.29, 0.717) is 11.5 Å². The molecule has 2 aromatic heterocycles. The van der Waals surface area contributed by atoms with E-state index >= 15 is 0 Å². The highest BCUT2D eigenvalue weighted by Crippen LogP contribution is 2.44. The topological polar surface area (TPSA) is 101 Å². The van der Waals surface area contributed by atoms with Crippen molar-refractivity contribution >= 4 is 10.9 Å². The van der Waals surface area contributed by atoms with E-state index < -0.39 is 0 Å². The van der Waals surface area contributed by atoms with Gasteiger partial charge in [0.25, 0.3) is 0 Å². The van der Waals surface area contributed by atoms with Crippen molar-refractivity contribution in [2.45, 2.75) is 25.7 Å². The molecule has 1 aromatic carbocycles. The summed E-state index contributed by atoms with van der Waals surface area (Å²) in [6, 6.07) is 12.1. The highest BCUT2D eigenvalue weighted by atomic mass is 16.5. The van der Waals surface area contributed by atoms with Crippen LogP contribution in [0.25, 0.3) is 10.9 Å². The molecule has 3 N–H and O–H groups in total. The van der Waals surface area contributed by atoms with Crippen molar-refractivity contribution in [3.63, 3.8) is 0 Å². The average Bonchev–Trinajstić information content (AvgIpc) is 3.03. The fourth-order valence-electron chi connectivity index (χ4n) is 3.43. The van der Waals surface area contributed by atoms with E-state index in [1.807, 2.05) is 30.3 Å². The summed E-state index contributed by atoms with van der Waals surface area (Å²) in [6.45, 7) is 2.10. The molecule has 6 nitrogen and oxygen atoms in total. The summed E-state index contributed by atoms with van der Waals surface area (Å²) < 4.78 is 5.60. The van der Waals surface area contributed by atoms with Gasteiger partial charge in [-0.3, -0.25) is 10.1 Å². The fourth-order valence-corrected chi connectivity index (χ4v) is 3.43. The van der Waals surface area contributed by atoms with Crippen LogP contribution in [-0.4, -0.2) is 15.2 Å². The van der Waals surface area contributed by atoms with Crippen molar-refractivity contribution in [1.82, 2.24) is 15.2 Å². The fraction of sp³-hybridized carbons (Fsp3) is 0.211. The van der Waals surface area contributed by atoms with Gasteiger partial charge < -0.3 is 10.5 Å². The summed E-state index contributed by atoms with van der Waals surface area (Å²) in [7, 11) is 0. The van der Waals surface area contributed by atoms with Gasteiger partial charge in [0.2, 0.25) is 11.8 Å². The molecule has 0 fully saturated rings. The van der Waals surface area contributed by atoms with Crippen LogP contribution in [0.5, 0.6) is 5.88 Å². The summed E-state index contributed by atoms with van der Waals surface area (Å²) in [5, 5.41) is 18.0. The predicted octanol–water partition coefficient (Wildman–Crippen LogP) is 3.13. The quantitative estimate of drug-likeness (QED) is 0.768. The normalized spacial score (nSPS) is 16.4. The first kappa shape index (κ1) is 15.2. The first-order valence-corrected chi connectivity index (χ1v) is 8.23. The number of fused-ring (bicyclic) bond motifs is 2. The van der Waals surface area contributed by atoms with Gasteiger partial charge in [-0.1, -0.05) is 31.5 Å². The van der Waals surface area contributed by atoms with Crippen LogP contribution in [0.2, 0.25) is 0 Å². The molecule has 1 aliphatic heterocycles. The molecule has 0 saturated carbocycles. The van der Waals surface area contributed by atoms with Crippen LogP contribution in [0.3, 0.4) is 0 Å². The number of rotatable bonds is 3. The second kappa shape index (κ2) is 5.95. The molecule has 3 aromatic rings. The van der Waals surface area contributed by atoms with Gasteiger partial charge in [0.1, 0.15) is 11.6 Å². The van der Waals surface area contributed by atoms with Gasteiger partial charge in [-0.2, -0.15) is 5.26 Å². The lowest BCUT2D eigenvalue weighted by molar-refractivity contribution is 0.379. The van der Waals surface area contributed by atoms with E-state index in [9.17, 15) is 5.26 Å². The molecule has 6 heteroatoms. The molecule has 0 aliphatic carbocycles. The SMILES string of the molecule is CCCc1[nH]nc2c1[C@@H](c1ccnc3ccccc13)C(C#N)=C(N)O2. The maximum Gasteiger partial charge on any atom is 0.244 e. The monoisotopic (exact) mass is 331 g/mol. The Bertz CT molecular complexity index is 1020. The van der Waals surface area contributed by atoms with Crippen molar-refractivity contribution in [3.8, 4) is 11.9 Å². The van der Waals surface area contributed by atoms with Gasteiger partial charge in [-0.05, 0) is 24.1 Å². The number of aromatic nitrogens is 3. The van der Waals surface area contributed by atoms with Crippen LogP contribution in [0.1, 0.15) is 36.1 Å². The zero-order valence-corrected chi connectivity index (χ0v) is 13.8. The van der Waals surface area contributed by atoms with E-state index in [-0.39, 0.29) is 11.8 Å². The number of hydrogen-bond acceptors (Lipinski definition) is 5. The molecule has 0 amide bonds. The average molecular weight is 331 g/mol. The van der Waals surface area contributed by atoms with Gasteiger partial charge in [-0.25, -0.2) is 0 Å². The second-order valence-electron chi connectivity index (χ2n) is 6.01. The van der Waals surface area contributed by atoms with Crippen LogP contribution in [-0.2, 0) is 6.42 Å². The Balaban J connectivity index is 2.02. The zero-order valence-electron chi connectivity index (χ0n) is 13.8. The Kier molecular flexibility index (Phi) is 3.62. The maximum absolute atomic E-state index is 9.74. The van der Waals surface area contributed by atoms with Crippen molar-refractivity contribution in [3.05, 3.63) is 64.8 Å². The molecule has 1 atom stereocenters. The van der Waals surface area contributed by atoms with Crippen molar-refractivity contribution in [2.75, 3.05) is 0 Å². The Hall–Kier alpha value is -3.33. The number of benzene rings is 1. The lowest BCUT2D eigenvalue weighted by atomic mass is 9.82. The number of aromatic amines is 1. The Labute approximate surface area is 144 Å². The van der Waals surface area contributed by atoms with Crippen molar-refractivity contribution in [2.24, 2.45) is 5.73 Å². The molecule has 0 saturated heterocycles. The third-order valence-corrected chi connectivity index (χ3v) is 4.51. The number of aryl methyl sites for hydroxylation is 1. The summed E-state index contributed by atoms with van der Waals surface area (Å²) >= 11 is 0. The first-order chi connectivity index (χ1) is 12.2. The number of nitrogens with one attached hydrogen (secondary N) is 1. The molecule has 4 rings (SSSR count). The number of ether oxygens (including phenoxy) is 1. The molecular formula is C19H17N5O. The van der Waals surface area contributed by atoms with Crippen LogP contribution in [0.4, 0.5) is 0 Å². The molecule has 0 spiro atoms. The van der Waals surface area contributed by atoms with Crippen LogP contribution < -0.4 is 10.5 Å². The standard InChI is InChI=1S/C19H17N5O/c1-2-5-15-17-16(13(10-20)18(21)25-19(17)24-23-15)12-8-9-22-14-7-4-3-6-11(12)14/h3-4,6-9,16H,2,5,21H2,1H3,(H,23,24)/t16-/m0/s1. The molecule has 3 heterocycles. The van der Waals surface area contributed by atoms with E-state index in [4.69, 9.17) is 10.5 Å². The van der Waals surface area contributed by atoms with Gasteiger partial charge in [0.15, 0.2) is 0 Å². The highest BCUT2D eigenvalue weighted by molar-refractivity contribution is 5.84. The molecular weight excluding hydrogens is 314 g/mol. The largest absolute Gasteiger partial charge is 0.420 e. The number of hydrogen-bond donors (Lipinski definition) is 2. The third-order valence-electron chi connectivity index (χ3n) is 4.51. The molecule has 124 valence electrons. The molecule has 25 heavy (non-hydrogen) atoms. The second-order valence-corrected chi connectivity index (χ2v) is 6.01. The smallest absolute Gasteiger partial charge is 0.244 e. The summed E-state index contributed by atoms with van der Waals surface area (Å²) in [6.07, 6.45) is 3.54. The summed E-state index contributed by atoms with van der Waals surface area (Å²) in [5.41, 5.74) is 10.2. The molecule has 0 radical (unpaired) electrons. The molecule has 0 bridgehead atoms. The Morgan fingerprint density at radius 1 is 1.32 bits per heavy atom. The number of nitriles is 1. The minimum Gasteiger partial charge on any atom is -0.420 e. The zero-order chi connectivity index (χ0) is 17.4. The summed E-state index contributed by atoms with van der Waals surface area (Å²) in [4.78, 5) is 4.42. The molecule has 1 aliphatic rings. The summed E-state index contributed by atoms with van der Waals surface area (Å²) in [5.74, 6) is 0.239. The van der Waals surface area contributed by atoms with E-state index in [2.05, 4.69) is 28.2 Å². The Morgan fingerprint density at radius 2 is 2.16 bits per heavy atom. The van der Waals surface area contributed by atoms with Crippen molar-refractivity contribution in [1.29, 1.82) is 5.26 Å². The lowest BCUT2D eigenvalue weighted by Crippen LogP contribution is -2.21. The number of nitrogens with zero attached hydrogens (tertiary/aromatic N) is 3. The minimum atomic E-state index is -0.318. The number of allylic oxidation sites excluding steroid dienone is 1. The number of H-pyrrole nitrogens is 1. The van der Waals surface area contributed by atoms with E-state index in [1.54, 1.807) is 6.20 Å². The van der Waals surface area contributed by atoms with Crippen LogP contribution in [0, 0.1) is 11.3 Å². The number of para-hydroxylation sites is 1. The predicted molar refractivity (Wildman–Crippen MR) is 93.6 cm³/mol. The maximum atomic E-state index is 9.74. The van der Waals surface area contributed by atoms with Crippen LogP contribution >= 0.6 is 0 Å². The lowest BCUT2D eigenvalue weighted by Gasteiger charge is -2.25. The Morgan fingerprint density at radius 3 is 2.96 bits per heavy atom.